The van der Waals surface area contributed by atoms with Crippen LogP contribution in [0.5, 0.6) is 5.75 Å². The summed E-state index contributed by atoms with van der Waals surface area (Å²) in [4.78, 5) is 2.19. The zero-order valence-electron chi connectivity index (χ0n) is 13.2. The predicted molar refractivity (Wildman–Crippen MR) is 82.2 cm³/mol. The van der Waals surface area contributed by atoms with Gasteiger partial charge >= 0.3 is 6.18 Å². The van der Waals surface area contributed by atoms with Crippen molar-refractivity contribution in [2.45, 2.75) is 26.1 Å². The maximum atomic E-state index is 12.1. The van der Waals surface area contributed by atoms with Gasteiger partial charge in [-0.2, -0.15) is 18.3 Å². The van der Waals surface area contributed by atoms with Crippen LogP contribution in [0.3, 0.4) is 0 Å². The van der Waals surface area contributed by atoms with Crippen LogP contribution in [0.25, 0.3) is 11.3 Å². The Labute approximate surface area is 133 Å². The standard InChI is InChI=1S/C16H20F3N3O/c1-3-8-22(2)10-13-9-20-21-15(13)12-4-6-14(7-5-12)23-11-16(17,18)19/h4-7,9H,3,8,10-11H2,1-2H3,(H,20,21). The number of rotatable bonds is 7. The van der Waals surface area contributed by atoms with Crippen LogP contribution in [0, 0.1) is 0 Å². The van der Waals surface area contributed by atoms with Crippen LogP contribution >= 0.6 is 0 Å². The Bertz CT molecular complexity index is 608. The molecule has 1 N–H and O–H groups in total. The summed E-state index contributed by atoms with van der Waals surface area (Å²) in [5.41, 5.74) is 2.78. The first-order chi connectivity index (χ1) is 10.9. The molecule has 1 aromatic carbocycles. The Morgan fingerprint density at radius 2 is 1.91 bits per heavy atom. The molecule has 0 aliphatic carbocycles. The van der Waals surface area contributed by atoms with Crippen LogP contribution in [-0.2, 0) is 6.54 Å². The summed E-state index contributed by atoms with van der Waals surface area (Å²) in [6.45, 7) is 2.57. The van der Waals surface area contributed by atoms with Gasteiger partial charge in [-0.3, -0.25) is 5.10 Å². The second-order valence-electron chi connectivity index (χ2n) is 5.44. The fourth-order valence-electron chi connectivity index (χ4n) is 2.32. The first-order valence-electron chi connectivity index (χ1n) is 7.40. The monoisotopic (exact) mass is 327 g/mol. The zero-order valence-corrected chi connectivity index (χ0v) is 13.2. The molecule has 0 spiro atoms. The Kier molecular flexibility index (Phi) is 5.65. The molecule has 0 fully saturated rings. The van der Waals surface area contributed by atoms with Crippen molar-refractivity contribution >= 4 is 0 Å². The van der Waals surface area contributed by atoms with Gasteiger partial charge < -0.3 is 9.64 Å². The highest BCUT2D eigenvalue weighted by Gasteiger charge is 2.28. The summed E-state index contributed by atoms with van der Waals surface area (Å²) < 4.78 is 41.1. The molecule has 0 aliphatic heterocycles. The SMILES string of the molecule is CCCN(C)Cc1cn[nH]c1-c1ccc(OCC(F)(F)F)cc1. The molecule has 0 aliphatic rings. The molecule has 1 aromatic heterocycles. The molecule has 4 nitrogen and oxygen atoms in total. The van der Waals surface area contributed by atoms with E-state index in [1.54, 1.807) is 18.3 Å². The largest absolute Gasteiger partial charge is 0.484 e. The molecule has 0 amide bonds. The van der Waals surface area contributed by atoms with Crippen molar-refractivity contribution in [3.63, 3.8) is 0 Å². The minimum absolute atomic E-state index is 0.190. The number of hydrogen-bond donors (Lipinski definition) is 1. The number of halogens is 3. The summed E-state index contributed by atoms with van der Waals surface area (Å²) in [6, 6.07) is 6.51. The number of alkyl halides is 3. The molecule has 0 saturated heterocycles. The van der Waals surface area contributed by atoms with Gasteiger partial charge in [-0.15, -0.1) is 0 Å². The van der Waals surface area contributed by atoms with Crippen molar-refractivity contribution < 1.29 is 17.9 Å². The van der Waals surface area contributed by atoms with Gasteiger partial charge in [-0.1, -0.05) is 6.92 Å². The molecule has 0 unspecified atom stereocenters. The third kappa shape index (κ3) is 5.28. The molecule has 7 heteroatoms. The van der Waals surface area contributed by atoms with Gasteiger partial charge in [0.1, 0.15) is 5.75 Å². The lowest BCUT2D eigenvalue weighted by Gasteiger charge is -2.15. The highest BCUT2D eigenvalue weighted by Crippen LogP contribution is 2.25. The lowest BCUT2D eigenvalue weighted by Crippen LogP contribution is -2.19. The van der Waals surface area contributed by atoms with Gasteiger partial charge in [0, 0.05) is 17.7 Å². The van der Waals surface area contributed by atoms with Crippen molar-refractivity contribution in [1.82, 2.24) is 15.1 Å². The van der Waals surface area contributed by atoms with Crippen molar-refractivity contribution in [2.24, 2.45) is 0 Å². The summed E-state index contributed by atoms with van der Waals surface area (Å²) in [5.74, 6) is 0.190. The van der Waals surface area contributed by atoms with Gasteiger partial charge in [-0.25, -0.2) is 0 Å². The van der Waals surface area contributed by atoms with Crippen molar-refractivity contribution in [3.8, 4) is 17.0 Å². The van der Waals surface area contributed by atoms with E-state index in [0.29, 0.717) is 0 Å². The lowest BCUT2D eigenvalue weighted by molar-refractivity contribution is -0.153. The Hall–Kier alpha value is -2.02. The van der Waals surface area contributed by atoms with E-state index in [0.717, 1.165) is 36.3 Å². The molecule has 0 saturated carbocycles. The van der Waals surface area contributed by atoms with E-state index in [1.165, 1.54) is 12.1 Å². The number of H-pyrrole nitrogens is 1. The number of nitrogens with zero attached hydrogens (tertiary/aromatic N) is 2. The van der Waals surface area contributed by atoms with E-state index >= 15 is 0 Å². The summed E-state index contributed by atoms with van der Waals surface area (Å²) in [5, 5.41) is 7.02. The van der Waals surface area contributed by atoms with E-state index < -0.39 is 12.8 Å². The minimum atomic E-state index is -4.33. The van der Waals surface area contributed by atoms with Crippen LogP contribution in [0.15, 0.2) is 30.5 Å². The molecule has 126 valence electrons. The summed E-state index contributed by atoms with van der Waals surface area (Å²) in [6.07, 6.45) is -1.50. The summed E-state index contributed by atoms with van der Waals surface area (Å²) in [7, 11) is 2.04. The van der Waals surface area contributed by atoms with Crippen molar-refractivity contribution in [2.75, 3.05) is 20.2 Å². The Morgan fingerprint density at radius 1 is 1.22 bits per heavy atom. The molecule has 23 heavy (non-hydrogen) atoms. The van der Waals surface area contributed by atoms with E-state index in [4.69, 9.17) is 4.74 Å². The third-order valence-corrected chi connectivity index (χ3v) is 3.31. The first-order valence-corrected chi connectivity index (χ1v) is 7.40. The van der Waals surface area contributed by atoms with Crippen LogP contribution in [0.1, 0.15) is 18.9 Å². The van der Waals surface area contributed by atoms with E-state index in [1.807, 2.05) is 7.05 Å². The number of hydrogen-bond acceptors (Lipinski definition) is 3. The zero-order chi connectivity index (χ0) is 16.9. The molecule has 2 aromatic rings. The maximum Gasteiger partial charge on any atom is 0.422 e. The number of aromatic nitrogens is 2. The van der Waals surface area contributed by atoms with Gasteiger partial charge in [0.05, 0.1) is 11.9 Å². The second-order valence-corrected chi connectivity index (χ2v) is 5.44. The first kappa shape index (κ1) is 17.3. The van der Waals surface area contributed by atoms with Crippen LogP contribution in [0.4, 0.5) is 13.2 Å². The quantitative estimate of drug-likeness (QED) is 0.839. The molecular formula is C16H20F3N3O. The van der Waals surface area contributed by atoms with Crippen LogP contribution < -0.4 is 4.74 Å². The van der Waals surface area contributed by atoms with Crippen molar-refractivity contribution in [3.05, 3.63) is 36.0 Å². The van der Waals surface area contributed by atoms with Crippen molar-refractivity contribution in [1.29, 1.82) is 0 Å². The topological polar surface area (TPSA) is 41.2 Å². The number of nitrogens with one attached hydrogen (secondary N) is 1. The molecule has 0 bridgehead atoms. The maximum absolute atomic E-state index is 12.1. The van der Waals surface area contributed by atoms with Gasteiger partial charge in [0.15, 0.2) is 6.61 Å². The third-order valence-electron chi connectivity index (χ3n) is 3.31. The fraction of sp³-hybridized carbons (Fsp3) is 0.438. The molecular weight excluding hydrogens is 307 g/mol. The molecule has 1 heterocycles. The van der Waals surface area contributed by atoms with E-state index in [-0.39, 0.29) is 5.75 Å². The highest BCUT2D eigenvalue weighted by atomic mass is 19.4. The second kappa shape index (κ2) is 7.50. The van der Waals surface area contributed by atoms with E-state index in [2.05, 4.69) is 22.0 Å². The fourth-order valence-corrected chi connectivity index (χ4v) is 2.32. The van der Waals surface area contributed by atoms with Gasteiger partial charge in [0.25, 0.3) is 0 Å². The number of benzene rings is 1. The Balaban J connectivity index is 2.06. The lowest BCUT2D eigenvalue weighted by atomic mass is 10.1. The molecule has 0 atom stereocenters. The highest BCUT2D eigenvalue weighted by molar-refractivity contribution is 5.63. The predicted octanol–water partition coefficient (Wildman–Crippen LogP) is 3.86. The van der Waals surface area contributed by atoms with E-state index in [9.17, 15) is 13.2 Å². The molecule has 0 radical (unpaired) electrons. The number of ether oxygens (including phenoxy) is 1. The number of aromatic amines is 1. The smallest absolute Gasteiger partial charge is 0.422 e. The van der Waals surface area contributed by atoms with Gasteiger partial charge in [0.2, 0.25) is 0 Å². The average Bonchev–Trinajstić information content (AvgIpc) is 2.93. The molecule has 2 rings (SSSR count). The van der Waals surface area contributed by atoms with Gasteiger partial charge in [-0.05, 0) is 44.3 Å². The van der Waals surface area contributed by atoms with Crippen LogP contribution in [0.2, 0.25) is 0 Å². The minimum Gasteiger partial charge on any atom is -0.484 e. The van der Waals surface area contributed by atoms with Crippen LogP contribution in [-0.4, -0.2) is 41.5 Å². The average molecular weight is 327 g/mol. The Morgan fingerprint density at radius 3 is 2.52 bits per heavy atom. The summed E-state index contributed by atoms with van der Waals surface area (Å²) >= 11 is 0. The normalized spacial score (nSPS) is 11.9.